The zero-order valence-electron chi connectivity index (χ0n) is 21.5. The number of benzene rings is 5. The molecule has 0 spiro atoms. The van der Waals surface area contributed by atoms with Crippen LogP contribution < -0.4 is 10.6 Å². The highest BCUT2D eigenvalue weighted by molar-refractivity contribution is 6.29. The van der Waals surface area contributed by atoms with Crippen molar-refractivity contribution in [2.75, 3.05) is 10.6 Å². The van der Waals surface area contributed by atoms with Crippen LogP contribution in [0.25, 0.3) is 71.0 Å². The van der Waals surface area contributed by atoms with Crippen molar-refractivity contribution in [3.63, 3.8) is 0 Å². The average molecular weight is 514 g/mol. The van der Waals surface area contributed by atoms with Crippen molar-refractivity contribution in [1.82, 2.24) is 4.40 Å². The number of hydrogen-bond donors (Lipinski definition) is 2. The Morgan fingerprint density at radius 2 is 1.38 bits per heavy atom. The summed E-state index contributed by atoms with van der Waals surface area (Å²) in [5, 5.41) is 16.4. The first-order valence-corrected chi connectivity index (χ1v) is 13.9. The zero-order chi connectivity index (χ0) is 25.9. The largest absolute Gasteiger partial charge is 0.456 e. The van der Waals surface area contributed by atoms with Gasteiger partial charge in [0.05, 0.1) is 34.2 Å². The van der Waals surface area contributed by atoms with E-state index in [0.717, 1.165) is 28.1 Å². The second-order valence-corrected chi connectivity index (χ2v) is 11.0. The van der Waals surface area contributed by atoms with Gasteiger partial charge in [-0.1, -0.05) is 85.0 Å². The van der Waals surface area contributed by atoms with Crippen LogP contribution in [0.1, 0.15) is 0 Å². The Balaban J connectivity index is 1.40. The summed E-state index contributed by atoms with van der Waals surface area (Å²) < 4.78 is 8.80. The fourth-order valence-corrected chi connectivity index (χ4v) is 7.22. The van der Waals surface area contributed by atoms with Crippen molar-refractivity contribution < 1.29 is 4.42 Å². The molecule has 4 heterocycles. The van der Waals surface area contributed by atoms with Crippen molar-refractivity contribution >= 4 is 71.4 Å². The highest BCUT2D eigenvalue weighted by Crippen LogP contribution is 2.50. The lowest BCUT2D eigenvalue weighted by Crippen LogP contribution is -2.41. The van der Waals surface area contributed by atoms with Crippen LogP contribution in [-0.4, -0.2) is 16.5 Å². The van der Waals surface area contributed by atoms with E-state index in [2.05, 4.69) is 124 Å². The number of para-hydroxylation sites is 1. The maximum atomic E-state index is 6.35. The number of anilines is 2. The van der Waals surface area contributed by atoms with Crippen LogP contribution >= 0.6 is 0 Å². The van der Waals surface area contributed by atoms with Crippen molar-refractivity contribution in [3.05, 3.63) is 115 Å². The van der Waals surface area contributed by atoms with Gasteiger partial charge in [0.25, 0.3) is 0 Å². The lowest BCUT2D eigenvalue weighted by atomic mass is 9.94. The molecule has 0 bridgehead atoms. The average Bonchev–Trinajstić information content (AvgIpc) is 3.65. The van der Waals surface area contributed by atoms with Crippen LogP contribution in [0.15, 0.2) is 120 Å². The van der Waals surface area contributed by atoms with Gasteiger partial charge in [0.2, 0.25) is 0 Å². The van der Waals surface area contributed by atoms with E-state index in [1.165, 1.54) is 54.5 Å². The van der Waals surface area contributed by atoms with Crippen LogP contribution in [0.4, 0.5) is 11.5 Å². The molecular weight excluding hydrogens is 490 g/mol. The quantitative estimate of drug-likeness (QED) is 0.230. The molecule has 2 aliphatic rings. The summed E-state index contributed by atoms with van der Waals surface area (Å²) in [5.41, 5.74) is 7.92. The summed E-state index contributed by atoms with van der Waals surface area (Å²) in [6.45, 7) is 0. The molecular formula is C36H23N3O. The van der Waals surface area contributed by atoms with Crippen LogP contribution in [0.2, 0.25) is 0 Å². The summed E-state index contributed by atoms with van der Waals surface area (Å²) in [4.78, 5) is 0. The second kappa shape index (κ2) is 7.25. The van der Waals surface area contributed by atoms with E-state index < -0.39 is 0 Å². The summed E-state index contributed by atoms with van der Waals surface area (Å²) in [5.74, 6) is 1.11. The van der Waals surface area contributed by atoms with Gasteiger partial charge in [-0.25, -0.2) is 0 Å². The standard InChI is InChI=1S/C36H23N3O/c1-2-10-22-20(8-1)9-7-12-23(22)21-18-26-24-16-17-31-32(25-11-3-6-15-30(25)40-31)35(24)39-34(26)27(19-21)33-36(39)38-29-14-5-4-13-28(29)37-33/h1-19,28-29,37-38H. The topological polar surface area (TPSA) is 41.6 Å². The van der Waals surface area contributed by atoms with E-state index in [9.17, 15) is 0 Å². The Kier molecular flexibility index (Phi) is 3.75. The molecule has 0 radical (unpaired) electrons. The molecule has 10 rings (SSSR count). The number of allylic oxidation sites excluding steroid dienone is 2. The Hall–Kier alpha value is -5.22. The van der Waals surface area contributed by atoms with E-state index in [1.807, 2.05) is 6.07 Å². The molecule has 188 valence electrons. The third kappa shape index (κ3) is 2.51. The molecule has 2 N–H and O–H groups in total. The highest BCUT2D eigenvalue weighted by atomic mass is 16.3. The molecule has 40 heavy (non-hydrogen) atoms. The van der Waals surface area contributed by atoms with E-state index in [1.54, 1.807) is 0 Å². The molecule has 0 saturated carbocycles. The molecule has 3 aromatic heterocycles. The first-order chi connectivity index (χ1) is 19.8. The van der Waals surface area contributed by atoms with Crippen LogP contribution in [0, 0.1) is 0 Å². The number of nitrogens with zero attached hydrogens (tertiary/aromatic N) is 1. The molecule has 0 amide bonds. The predicted octanol–water partition coefficient (Wildman–Crippen LogP) is 9.10. The van der Waals surface area contributed by atoms with Gasteiger partial charge in [0.15, 0.2) is 0 Å². The molecule has 4 nitrogen and oxygen atoms in total. The number of furan rings is 1. The summed E-state index contributed by atoms with van der Waals surface area (Å²) in [7, 11) is 0. The minimum atomic E-state index is 0.184. The van der Waals surface area contributed by atoms with Crippen molar-refractivity contribution in [2.45, 2.75) is 12.1 Å². The Morgan fingerprint density at radius 1 is 0.600 bits per heavy atom. The SMILES string of the molecule is C1=CC2Nc3c(n4c5c3cc(-c3cccc6ccccc36)cc5c3ccc5oc6ccccc6c5c34)NC2C=C1. The summed E-state index contributed by atoms with van der Waals surface area (Å²) in [6.07, 6.45) is 8.76. The van der Waals surface area contributed by atoms with Gasteiger partial charge in [-0.15, -0.1) is 0 Å². The summed E-state index contributed by atoms with van der Waals surface area (Å²) >= 11 is 0. The van der Waals surface area contributed by atoms with Gasteiger partial charge in [-0.3, -0.25) is 4.40 Å². The number of rotatable bonds is 1. The van der Waals surface area contributed by atoms with Crippen LogP contribution in [-0.2, 0) is 0 Å². The van der Waals surface area contributed by atoms with Crippen LogP contribution in [0.5, 0.6) is 0 Å². The van der Waals surface area contributed by atoms with Crippen molar-refractivity contribution in [2.24, 2.45) is 0 Å². The van der Waals surface area contributed by atoms with Gasteiger partial charge >= 0.3 is 0 Å². The minimum absolute atomic E-state index is 0.184. The Labute approximate surface area is 229 Å². The minimum Gasteiger partial charge on any atom is -0.456 e. The molecule has 2 unspecified atom stereocenters. The van der Waals surface area contributed by atoms with Gasteiger partial charge in [0, 0.05) is 21.5 Å². The van der Waals surface area contributed by atoms with Crippen molar-refractivity contribution in [1.29, 1.82) is 0 Å². The molecule has 2 atom stereocenters. The molecule has 8 aromatic rings. The maximum absolute atomic E-state index is 6.35. The predicted molar refractivity (Wildman–Crippen MR) is 167 cm³/mol. The van der Waals surface area contributed by atoms with Gasteiger partial charge in [0.1, 0.15) is 17.0 Å². The zero-order valence-corrected chi connectivity index (χ0v) is 21.5. The fraction of sp³-hybridized carbons (Fsp3) is 0.0556. The smallest absolute Gasteiger partial charge is 0.137 e. The second-order valence-electron chi connectivity index (χ2n) is 11.0. The van der Waals surface area contributed by atoms with Crippen LogP contribution in [0.3, 0.4) is 0 Å². The lowest BCUT2D eigenvalue weighted by molar-refractivity contribution is 0.669. The van der Waals surface area contributed by atoms with Gasteiger partial charge in [-0.2, -0.15) is 0 Å². The number of nitrogens with one attached hydrogen (secondary N) is 2. The van der Waals surface area contributed by atoms with E-state index in [0.29, 0.717) is 0 Å². The monoisotopic (exact) mass is 513 g/mol. The normalized spacial score (nSPS) is 18.2. The summed E-state index contributed by atoms with van der Waals surface area (Å²) in [6, 6.07) is 33.2. The molecule has 1 aliphatic carbocycles. The fourth-order valence-electron chi connectivity index (χ4n) is 7.22. The van der Waals surface area contributed by atoms with Crippen molar-refractivity contribution in [3.8, 4) is 11.1 Å². The number of hydrogen-bond acceptors (Lipinski definition) is 3. The van der Waals surface area contributed by atoms with E-state index in [-0.39, 0.29) is 12.1 Å². The van der Waals surface area contributed by atoms with Gasteiger partial charge < -0.3 is 15.1 Å². The van der Waals surface area contributed by atoms with E-state index in [4.69, 9.17) is 4.42 Å². The first kappa shape index (κ1) is 20.7. The Morgan fingerprint density at radius 3 is 2.30 bits per heavy atom. The maximum Gasteiger partial charge on any atom is 0.137 e. The lowest BCUT2D eigenvalue weighted by Gasteiger charge is -2.33. The molecule has 4 heteroatoms. The van der Waals surface area contributed by atoms with Gasteiger partial charge in [-0.05, 0) is 52.2 Å². The molecule has 5 aromatic carbocycles. The molecule has 0 saturated heterocycles. The molecule has 1 aliphatic heterocycles. The Bertz CT molecular complexity index is 2400. The molecule has 0 fully saturated rings. The highest BCUT2D eigenvalue weighted by Gasteiger charge is 2.32. The van der Waals surface area contributed by atoms with E-state index >= 15 is 0 Å². The number of aromatic nitrogens is 1. The number of fused-ring (bicyclic) bond motifs is 12. The third-order valence-corrected chi connectivity index (χ3v) is 8.94. The third-order valence-electron chi connectivity index (χ3n) is 8.94. The first-order valence-electron chi connectivity index (χ1n) is 13.9.